The molecule has 1 N–H and O–H groups in total. The van der Waals surface area contributed by atoms with Gasteiger partial charge < -0.3 is 5.11 Å². The maximum atomic E-state index is 9.53. The number of aliphatic hydroxyl groups is 1. The Hall–Kier alpha value is -0.300. The second-order valence-corrected chi connectivity index (χ2v) is 7.03. The topological polar surface area (TPSA) is 20.2 Å². The molecule has 0 bridgehead atoms. The Labute approximate surface area is 113 Å². The predicted octanol–water partition coefficient (Wildman–Crippen LogP) is 4.70. The number of rotatable bonds is 4. The molecule has 2 aliphatic carbocycles. The van der Waals surface area contributed by atoms with Gasteiger partial charge in [-0.3, -0.25) is 0 Å². The summed E-state index contributed by atoms with van der Waals surface area (Å²) < 4.78 is 0. The van der Waals surface area contributed by atoms with E-state index in [0.29, 0.717) is 11.3 Å². The highest BCUT2D eigenvalue weighted by molar-refractivity contribution is 5.16. The number of hydrogen-bond acceptors (Lipinski definition) is 1. The van der Waals surface area contributed by atoms with Crippen LogP contribution in [0, 0.1) is 17.3 Å². The second kappa shape index (κ2) is 5.77. The number of allylic oxidation sites excluding steroid dienone is 2. The Balaban J connectivity index is 1.91. The summed E-state index contributed by atoms with van der Waals surface area (Å²) in [6.07, 6.45) is 13.1. The van der Waals surface area contributed by atoms with Crippen LogP contribution in [0.3, 0.4) is 0 Å². The molecular formula is C17H30O. The van der Waals surface area contributed by atoms with Crippen molar-refractivity contribution in [2.24, 2.45) is 17.3 Å². The molecule has 104 valence electrons. The van der Waals surface area contributed by atoms with Gasteiger partial charge in [-0.1, -0.05) is 31.9 Å². The van der Waals surface area contributed by atoms with Crippen LogP contribution in [0.1, 0.15) is 72.1 Å². The first-order valence-electron chi connectivity index (χ1n) is 7.90. The summed E-state index contributed by atoms with van der Waals surface area (Å²) in [4.78, 5) is 0. The van der Waals surface area contributed by atoms with Gasteiger partial charge in [0.15, 0.2) is 0 Å². The summed E-state index contributed by atoms with van der Waals surface area (Å²) in [7, 11) is 0. The summed E-state index contributed by atoms with van der Waals surface area (Å²) >= 11 is 0. The van der Waals surface area contributed by atoms with E-state index in [4.69, 9.17) is 0 Å². The molecule has 2 unspecified atom stereocenters. The quantitative estimate of drug-likeness (QED) is 0.717. The van der Waals surface area contributed by atoms with Crippen molar-refractivity contribution in [3.8, 4) is 0 Å². The highest BCUT2D eigenvalue weighted by atomic mass is 16.3. The lowest BCUT2D eigenvalue weighted by molar-refractivity contribution is 0.130. The van der Waals surface area contributed by atoms with Gasteiger partial charge in [-0.05, 0) is 69.1 Å². The minimum Gasteiger partial charge on any atom is -0.393 e. The highest BCUT2D eigenvalue weighted by Crippen LogP contribution is 2.54. The molecule has 4 atom stereocenters. The molecule has 0 heterocycles. The molecule has 0 saturated heterocycles. The Morgan fingerprint density at radius 1 is 1.33 bits per heavy atom. The van der Waals surface area contributed by atoms with E-state index in [2.05, 4.69) is 19.9 Å². The van der Waals surface area contributed by atoms with Crippen LogP contribution in [0.2, 0.25) is 0 Å². The summed E-state index contributed by atoms with van der Waals surface area (Å²) in [6, 6.07) is 0. The van der Waals surface area contributed by atoms with Crippen LogP contribution < -0.4 is 0 Å². The Morgan fingerprint density at radius 2 is 2.06 bits per heavy atom. The first-order valence-corrected chi connectivity index (χ1v) is 7.90. The molecule has 0 aromatic carbocycles. The van der Waals surface area contributed by atoms with Crippen LogP contribution in [0.25, 0.3) is 0 Å². The number of hydrogen-bond donors (Lipinski definition) is 1. The minimum atomic E-state index is -0.161. The van der Waals surface area contributed by atoms with Gasteiger partial charge in [0.2, 0.25) is 0 Å². The van der Waals surface area contributed by atoms with E-state index in [1.807, 2.05) is 6.92 Å². The molecular weight excluding hydrogens is 220 g/mol. The molecule has 1 nitrogen and oxygen atoms in total. The van der Waals surface area contributed by atoms with Crippen molar-refractivity contribution in [2.75, 3.05) is 0 Å². The molecule has 0 radical (unpaired) electrons. The Morgan fingerprint density at radius 3 is 2.78 bits per heavy atom. The zero-order valence-electron chi connectivity index (χ0n) is 12.4. The van der Waals surface area contributed by atoms with Crippen LogP contribution >= 0.6 is 0 Å². The summed E-state index contributed by atoms with van der Waals surface area (Å²) in [5.41, 5.74) is 2.37. The zero-order chi connectivity index (χ0) is 13.2. The molecule has 0 amide bonds. The van der Waals surface area contributed by atoms with Crippen LogP contribution in [-0.4, -0.2) is 11.2 Å². The zero-order valence-corrected chi connectivity index (χ0v) is 12.4. The van der Waals surface area contributed by atoms with Gasteiger partial charge in [0, 0.05) is 0 Å². The molecule has 2 aliphatic rings. The summed E-state index contributed by atoms with van der Waals surface area (Å²) in [5, 5.41) is 9.53. The molecule has 1 heteroatoms. The van der Waals surface area contributed by atoms with E-state index >= 15 is 0 Å². The van der Waals surface area contributed by atoms with Gasteiger partial charge in [-0.2, -0.15) is 0 Å². The lowest BCUT2D eigenvalue weighted by Gasteiger charge is -2.38. The van der Waals surface area contributed by atoms with Crippen LogP contribution in [0.5, 0.6) is 0 Å². The van der Waals surface area contributed by atoms with Gasteiger partial charge in [0.05, 0.1) is 6.10 Å². The fourth-order valence-electron chi connectivity index (χ4n) is 4.05. The SMILES string of the molecule is CC(CC/C=C1\CCC[C@]2(C)CCCC12)[C@H](C)O. The molecule has 0 aliphatic heterocycles. The average molecular weight is 250 g/mol. The first-order chi connectivity index (χ1) is 8.53. The van der Waals surface area contributed by atoms with Crippen molar-refractivity contribution in [1.82, 2.24) is 0 Å². The second-order valence-electron chi connectivity index (χ2n) is 7.03. The number of aliphatic hydroxyl groups excluding tert-OH is 1. The summed E-state index contributed by atoms with van der Waals surface area (Å²) in [5.74, 6) is 1.31. The molecule has 0 aromatic heterocycles. The van der Waals surface area contributed by atoms with Crippen molar-refractivity contribution in [1.29, 1.82) is 0 Å². The van der Waals surface area contributed by atoms with Gasteiger partial charge in [0.25, 0.3) is 0 Å². The van der Waals surface area contributed by atoms with Crippen LogP contribution in [0.4, 0.5) is 0 Å². The molecule has 2 rings (SSSR count). The largest absolute Gasteiger partial charge is 0.393 e. The lowest BCUT2D eigenvalue weighted by atomic mass is 9.67. The van der Waals surface area contributed by atoms with Crippen molar-refractivity contribution in [2.45, 2.75) is 78.2 Å². The smallest absolute Gasteiger partial charge is 0.0537 e. The maximum absolute atomic E-state index is 9.53. The van der Waals surface area contributed by atoms with Crippen LogP contribution in [-0.2, 0) is 0 Å². The van der Waals surface area contributed by atoms with Crippen LogP contribution in [0.15, 0.2) is 11.6 Å². The van der Waals surface area contributed by atoms with Gasteiger partial charge in [-0.15, -0.1) is 0 Å². The normalized spacial score (nSPS) is 37.6. The molecule has 18 heavy (non-hydrogen) atoms. The molecule has 2 saturated carbocycles. The van der Waals surface area contributed by atoms with E-state index in [-0.39, 0.29) is 6.10 Å². The van der Waals surface area contributed by atoms with Crippen molar-refractivity contribution < 1.29 is 5.11 Å². The molecule has 0 aromatic rings. The first kappa shape index (κ1) is 14.1. The van der Waals surface area contributed by atoms with E-state index in [0.717, 1.165) is 18.8 Å². The van der Waals surface area contributed by atoms with Crippen molar-refractivity contribution in [3.05, 3.63) is 11.6 Å². The fourth-order valence-corrected chi connectivity index (χ4v) is 4.05. The monoisotopic (exact) mass is 250 g/mol. The average Bonchev–Trinajstić information content (AvgIpc) is 2.71. The molecule has 2 fully saturated rings. The van der Waals surface area contributed by atoms with E-state index in [1.165, 1.54) is 38.5 Å². The van der Waals surface area contributed by atoms with Gasteiger partial charge >= 0.3 is 0 Å². The maximum Gasteiger partial charge on any atom is 0.0537 e. The Kier molecular flexibility index (Phi) is 4.53. The van der Waals surface area contributed by atoms with Gasteiger partial charge in [-0.25, -0.2) is 0 Å². The van der Waals surface area contributed by atoms with Crippen molar-refractivity contribution >= 4 is 0 Å². The fraction of sp³-hybridized carbons (Fsp3) is 0.882. The standard InChI is InChI=1S/C17H30O/c1-13(14(2)18)7-4-8-15-9-5-11-17(3)12-6-10-16(15)17/h8,13-14,16,18H,4-7,9-12H2,1-3H3/b15-8+/t13?,14-,16?,17+/m0/s1. The molecule has 0 spiro atoms. The third kappa shape index (κ3) is 2.99. The predicted molar refractivity (Wildman–Crippen MR) is 77.5 cm³/mol. The van der Waals surface area contributed by atoms with E-state index < -0.39 is 0 Å². The lowest BCUT2D eigenvalue weighted by Crippen LogP contribution is -2.27. The van der Waals surface area contributed by atoms with Crippen molar-refractivity contribution in [3.63, 3.8) is 0 Å². The number of fused-ring (bicyclic) bond motifs is 1. The Bertz CT molecular complexity index is 305. The third-order valence-corrected chi connectivity index (χ3v) is 5.59. The van der Waals surface area contributed by atoms with Gasteiger partial charge in [0.1, 0.15) is 0 Å². The van der Waals surface area contributed by atoms with E-state index in [9.17, 15) is 5.11 Å². The third-order valence-electron chi connectivity index (χ3n) is 5.59. The summed E-state index contributed by atoms with van der Waals surface area (Å²) in [6.45, 7) is 6.58. The van der Waals surface area contributed by atoms with E-state index in [1.54, 1.807) is 5.57 Å². The minimum absolute atomic E-state index is 0.161. The highest BCUT2D eigenvalue weighted by Gasteiger charge is 2.42.